The Morgan fingerprint density at radius 3 is 2.62 bits per heavy atom. The predicted octanol–water partition coefficient (Wildman–Crippen LogP) is 0.351. The van der Waals surface area contributed by atoms with Gasteiger partial charge in [0.2, 0.25) is 0 Å². The van der Waals surface area contributed by atoms with Crippen LogP contribution in [0.4, 0.5) is 0 Å². The molecule has 0 bridgehead atoms. The minimum atomic E-state index is -0.276. The zero-order valence-corrected chi connectivity index (χ0v) is 9.27. The van der Waals surface area contributed by atoms with Crippen LogP contribution >= 0.6 is 0 Å². The number of hydrazine groups is 1. The smallest absolute Gasteiger partial charge is 0.286 e. The zero-order valence-electron chi connectivity index (χ0n) is 9.27. The molecule has 1 aliphatic rings. The molecular formula is C11H14N4O. The van der Waals surface area contributed by atoms with Crippen molar-refractivity contribution in [3.8, 4) is 0 Å². The maximum absolute atomic E-state index is 11.9. The van der Waals surface area contributed by atoms with Crippen molar-refractivity contribution in [2.75, 3.05) is 0 Å². The normalized spacial score (nSPS) is 20.4. The lowest BCUT2D eigenvalue weighted by Crippen LogP contribution is -2.56. The summed E-state index contributed by atoms with van der Waals surface area (Å²) in [4.78, 5) is 11.9. The van der Waals surface area contributed by atoms with E-state index in [4.69, 9.17) is 5.84 Å². The molecular weight excluding hydrogens is 204 g/mol. The van der Waals surface area contributed by atoms with Gasteiger partial charge in [0.15, 0.2) is 5.71 Å². The summed E-state index contributed by atoms with van der Waals surface area (Å²) in [6, 6.07) is 7.59. The van der Waals surface area contributed by atoms with Gasteiger partial charge in [0.05, 0.1) is 0 Å². The lowest BCUT2D eigenvalue weighted by atomic mass is 10.1. The Hall–Kier alpha value is -1.88. The second-order valence-corrected chi connectivity index (χ2v) is 3.84. The summed E-state index contributed by atoms with van der Waals surface area (Å²) in [5, 5.41) is 5.18. The number of hydrazone groups is 1. The minimum absolute atomic E-state index is 0.268. The van der Waals surface area contributed by atoms with Crippen LogP contribution in [-0.4, -0.2) is 22.8 Å². The molecule has 1 aliphatic heterocycles. The first kappa shape index (κ1) is 10.6. The molecule has 1 amide bonds. The average Bonchev–Trinajstić information content (AvgIpc) is 2.28. The van der Waals surface area contributed by atoms with Crippen molar-refractivity contribution < 1.29 is 4.79 Å². The van der Waals surface area contributed by atoms with Crippen LogP contribution in [0.3, 0.4) is 0 Å². The summed E-state index contributed by atoms with van der Waals surface area (Å²) < 4.78 is 0. The number of nitrogens with one attached hydrogen (secondary N) is 1. The van der Waals surface area contributed by atoms with Crippen LogP contribution in [0.2, 0.25) is 0 Å². The fraction of sp³-hybridized carbons (Fsp3) is 0.273. The van der Waals surface area contributed by atoms with Crippen molar-refractivity contribution in [1.29, 1.82) is 0 Å². The maximum atomic E-state index is 11.9. The molecule has 1 heterocycles. The third kappa shape index (κ3) is 1.77. The van der Waals surface area contributed by atoms with Crippen LogP contribution < -0.4 is 11.3 Å². The van der Waals surface area contributed by atoms with Crippen LogP contribution in [0.25, 0.3) is 0 Å². The summed E-state index contributed by atoms with van der Waals surface area (Å²) in [5.74, 6) is 5.35. The van der Waals surface area contributed by atoms with Crippen molar-refractivity contribution in [2.24, 2.45) is 10.9 Å². The molecule has 3 N–H and O–H groups in total. The summed E-state index contributed by atoms with van der Waals surface area (Å²) in [6.45, 7) is 3.76. The van der Waals surface area contributed by atoms with Crippen LogP contribution in [0.5, 0.6) is 0 Å². The summed E-state index contributed by atoms with van der Waals surface area (Å²) >= 11 is 0. The topological polar surface area (TPSA) is 70.7 Å². The SMILES string of the molecule is Cc1ccc(C2=NNC(C)N(N)C2=O)cc1. The van der Waals surface area contributed by atoms with E-state index in [1.165, 1.54) is 0 Å². The summed E-state index contributed by atoms with van der Waals surface area (Å²) in [5.41, 5.74) is 5.05. The summed E-state index contributed by atoms with van der Waals surface area (Å²) in [7, 11) is 0. The van der Waals surface area contributed by atoms with Gasteiger partial charge in [-0.2, -0.15) is 5.10 Å². The molecule has 5 heteroatoms. The van der Waals surface area contributed by atoms with E-state index in [0.29, 0.717) is 5.71 Å². The number of nitrogens with two attached hydrogens (primary N) is 1. The Labute approximate surface area is 93.9 Å². The number of hydrogen-bond donors (Lipinski definition) is 2. The Morgan fingerprint density at radius 1 is 1.38 bits per heavy atom. The van der Waals surface area contributed by atoms with E-state index >= 15 is 0 Å². The van der Waals surface area contributed by atoms with E-state index in [1.807, 2.05) is 31.2 Å². The second-order valence-electron chi connectivity index (χ2n) is 3.84. The lowest BCUT2D eigenvalue weighted by molar-refractivity contribution is -0.127. The molecule has 0 aromatic heterocycles. The number of aryl methyl sites for hydroxylation is 1. The number of rotatable bonds is 1. The highest BCUT2D eigenvalue weighted by Gasteiger charge is 2.27. The van der Waals surface area contributed by atoms with E-state index in [1.54, 1.807) is 6.92 Å². The van der Waals surface area contributed by atoms with Gasteiger partial charge in [0.1, 0.15) is 6.17 Å². The van der Waals surface area contributed by atoms with E-state index < -0.39 is 0 Å². The monoisotopic (exact) mass is 218 g/mol. The molecule has 0 fully saturated rings. The Balaban J connectivity index is 2.34. The number of hydrogen-bond acceptors (Lipinski definition) is 4. The van der Waals surface area contributed by atoms with Crippen molar-refractivity contribution >= 4 is 11.6 Å². The van der Waals surface area contributed by atoms with Gasteiger partial charge in [-0.25, -0.2) is 5.84 Å². The molecule has 1 unspecified atom stereocenters. The molecule has 1 aromatic carbocycles. The van der Waals surface area contributed by atoms with Crippen LogP contribution in [-0.2, 0) is 4.79 Å². The van der Waals surface area contributed by atoms with Gasteiger partial charge < -0.3 is 0 Å². The highest BCUT2D eigenvalue weighted by Crippen LogP contribution is 2.09. The van der Waals surface area contributed by atoms with Crippen LogP contribution in [0.15, 0.2) is 29.4 Å². The molecule has 16 heavy (non-hydrogen) atoms. The van der Waals surface area contributed by atoms with Gasteiger partial charge in [0, 0.05) is 5.56 Å². The standard InChI is InChI=1S/C11H14N4O/c1-7-3-5-9(6-4-7)10-11(16)15(12)8(2)13-14-10/h3-6,8,13H,12H2,1-2H3. The average molecular weight is 218 g/mol. The minimum Gasteiger partial charge on any atom is -0.286 e. The van der Waals surface area contributed by atoms with Crippen molar-refractivity contribution in [1.82, 2.24) is 10.4 Å². The Morgan fingerprint density at radius 2 is 2.00 bits per heavy atom. The molecule has 1 aromatic rings. The first-order valence-electron chi connectivity index (χ1n) is 5.08. The first-order valence-corrected chi connectivity index (χ1v) is 5.08. The number of carbonyl (C=O) groups is 1. The van der Waals surface area contributed by atoms with Crippen LogP contribution in [0, 0.1) is 6.92 Å². The molecule has 0 saturated carbocycles. The fourth-order valence-electron chi connectivity index (χ4n) is 1.47. The molecule has 2 rings (SSSR count). The van der Waals surface area contributed by atoms with Crippen molar-refractivity contribution in [2.45, 2.75) is 20.0 Å². The lowest BCUT2D eigenvalue weighted by Gasteiger charge is -2.28. The molecule has 0 radical (unpaired) electrons. The highest BCUT2D eigenvalue weighted by atomic mass is 16.2. The molecule has 1 atom stereocenters. The van der Waals surface area contributed by atoms with Gasteiger partial charge in [-0.15, -0.1) is 0 Å². The molecule has 0 saturated heterocycles. The largest absolute Gasteiger partial charge is 0.290 e. The molecule has 84 valence electrons. The third-order valence-electron chi connectivity index (χ3n) is 2.54. The van der Waals surface area contributed by atoms with Crippen molar-refractivity contribution in [3.05, 3.63) is 35.4 Å². The van der Waals surface area contributed by atoms with Gasteiger partial charge in [-0.1, -0.05) is 29.8 Å². The molecule has 0 spiro atoms. The Kier molecular flexibility index (Phi) is 2.62. The van der Waals surface area contributed by atoms with E-state index in [0.717, 1.165) is 16.1 Å². The van der Waals surface area contributed by atoms with Gasteiger partial charge in [-0.3, -0.25) is 15.2 Å². The molecule has 5 nitrogen and oxygen atoms in total. The number of carbonyl (C=O) groups excluding carboxylic acids is 1. The number of amides is 1. The van der Waals surface area contributed by atoms with Gasteiger partial charge in [0.25, 0.3) is 5.91 Å². The zero-order chi connectivity index (χ0) is 11.7. The second kappa shape index (κ2) is 3.94. The third-order valence-corrected chi connectivity index (χ3v) is 2.54. The first-order chi connectivity index (χ1) is 7.59. The van der Waals surface area contributed by atoms with E-state index in [9.17, 15) is 4.79 Å². The highest BCUT2D eigenvalue weighted by molar-refractivity contribution is 6.45. The fourth-order valence-corrected chi connectivity index (χ4v) is 1.47. The van der Waals surface area contributed by atoms with Gasteiger partial charge in [-0.05, 0) is 13.8 Å². The quantitative estimate of drug-likeness (QED) is 0.528. The maximum Gasteiger partial charge on any atom is 0.290 e. The molecule has 0 aliphatic carbocycles. The van der Waals surface area contributed by atoms with E-state index in [-0.39, 0.29) is 12.1 Å². The summed E-state index contributed by atoms with van der Waals surface area (Å²) in [6.07, 6.45) is -0.276. The number of benzene rings is 1. The van der Waals surface area contributed by atoms with Crippen molar-refractivity contribution in [3.63, 3.8) is 0 Å². The predicted molar refractivity (Wildman–Crippen MR) is 61.3 cm³/mol. The van der Waals surface area contributed by atoms with Crippen LogP contribution in [0.1, 0.15) is 18.1 Å². The number of nitrogens with zero attached hydrogens (tertiary/aromatic N) is 2. The van der Waals surface area contributed by atoms with Gasteiger partial charge >= 0.3 is 0 Å². The van der Waals surface area contributed by atoms with E-state index in [2.05, 4.69) is 10.5 Å². The Bertz CT molecular complexity index is 438.